The molecule has 0 bridgehead atoms. The number of piperidine rings is 1. The van der Waals surface area contributed by atoms with Gasteiger partial charge in [-0.05, 0) is 43.1 Å². The highest BCUT2D eigenvalue weighted by Gasteiger charge is 2.40. The molecule has 0 radical (unpaired) electrons. The first kappa shape index (κ1) is 15.1. The van der Waals surface area contributed by atoms with E-state index in [4.69, 9.17) is 4.74 Å². The van der Waals surface area contributed by atoms with E-state index in [0.29, 0.717) is 17.9 Å². The number of aromatic nitrogens is 1. The first-order chi connectivity index (χ1) is 11.7. The summed E-state index contributed by atoms with van der Waals surface area (Å²) in [5.74, 6) is 0.641. The van der Waals surface area contributed by atoms with Crippen molar-refractivity contribution in [2.45, 2.75) is 25.0 Å². The average molecular weight is 323 g/mol. The largest absolute Gasteiger partial charge is 0.483 e. The summed E-state index contributed by atoms with van der Waals surface area (Å²) in [7, 11) is 0. The van der Waals surface area contributed by atoms with Crippen molar-refractivity contribution in [3.05, 3.63) is 59.9 Å². The zero-order chi connectivity index (χ0) is 16.4. The standard InChI is InChI=1S/C19H21N3O2/c23-18-16-6-1-2-7-17(16)24-19(13-21-18)8-4-10-22(14-19)12-15-5-3-9-20-11-15/h1-3,5-7,9,11H,4,8,10,12-14H2,(H,21,23)/t19-/m0/s1. The predicted octanol–water partition coefficient (Wildman–Crippen LogP) is 2.24. The van der Waals surface area contributed by atoms with E-state index in [1.807, 2.05) is 36.5 Å². The third kappa shape index (κ3) is 2.99. The molecule has 2 aliphatic heterocycles. The van der Waals surface area contributed by atoms with Crippen molar-refractivity contribution in [1.29, 1.82) is 0 Å². The van der Waals surface area contributed by atoms with Crippen molar-refractivity contribution in [2.24, 2.45) is 0 Å². The van der Waals surface area contributed by atoms with Crippen LogP contribution in [0.5, 0.6) is 5.75 Å². The topological polar surface area (TPSA) is 54.5 Å². The van der Waals surface area contributed by atoms with Crippen LogP contribution in [-0.2, 0) is 6.54 Å². The Hall–Kier alpha value is -2.40. The molecule has 124 valence electrons. The van der Waals surface area contributed by atoms with Crippen LogP contribution in [-0.4, -0.2) is 41.0 Å². The first-order valence-corrected chi connectivity index (χ1v) is 8.42. The second kappa shape index (κ2) is 6.24. The fourth-order valence-corrected chi connectivity index (χ4v) is 3.65. The van der Waals surface area contributed by atoms with Gasteiger partial charge in [0.1, 0.15) is 11.4 Å². The number of amides is 1. The second-order valence-electron chi connectivity index (χ2n) is 6.64. The van der Waals surface area contributed by atoms with Gasteiger partial charge in [-0.3, -0.25) is 14.7 Å². The lowest BCUT2D eigenvalue weighted by molar-refractivity contribution is -0.00707. The fourth-order valence-electron chi connectivity index (χ4n) is 3.65. The van der Waals surface area contributed by atoms with Gasteiger partial charge in [0.05, 0.1) is 12.1 Å². The SMILES string of the molecule is O=C1NC[C@]2(CCCN(Cc3cccnc3)C2)Oc2ccccc21. The molecule has 2 aromatic rings. The Kier molecular flexibility index (Phi) is 3.94. The summed E-state index contributed by atoms with van der Waals surface area (Å²) in [5, 5.41) is 3.04. The van der Waals surface area contributed by atoms with E-state index in [9.17, 15) is 4.79 Å². The van der Waals surface area contributed by atoms with E-state index in [1.54, 1.807) is 6.20 Å². The van der Waals surface area contributed by atoms with Crippen molar-refractivity contribution in [1.82, 2.24) is 15.2 Å². The predicted molar refractivity (Wildman–Crippen MR) is 90.9 cm³/mol. The summed E-state index contributed by atoms with van der Waals surface area (Å²) in [5.41, 5.74) is 1.47. The van der Waals surface area contributed by atoms with Crippen LogP contribution >= 0.6 is 0 Å². The number of benzene rings is 1. The molecule has 1 amide bonds. The van der Waals surface area contributed by atoms with Crippen molar-refractivity contribution >= 4 is 5.91 Å². The fraction of sp³-hybridized carbons (Fsp3) is 0.368. The van der Waals surface area contributed by atoms with Gasteiger partial charge in [-0.1, -0.05) is 18.2 Å². The molecule has 0 aliphatic carbocycles. The second-order valence-corrected chi connectivity index (χ2v) is 6.64. The van der Waals surface area contributed by atoms with E-state index in [-0.39, 0.29) is 11.5 Å². The van der Waals surface area contributed by atoms with Gasteiger partial charge in [-0.15, -0.1) is 0 Å². The quantitative estimate of drug-likeness (QED) is 0.921. The van der Waals surface area contributed by atoms with E-state index in [2.05, 4.69) is 21.3 Å². The Balaban J connectivity index is 1.55. The van der Waals surface area contributed by atoms with Gasteiger partial charge < -0.3 is 10.1 Å². The summed E-state index contributed by atoms with van der Waals surface area (Å²) in [6.07, 6.45) is 5.71. The molecule has 1 saturated heterocycles. The van der Waals surface area contributed by atoms with Crippen LogP contribution in [0, 0.1) is 0 Å². The number of carbonyl (C=O) groups excluding carboxylic acids is 1. The Bertz CT molecular complexity index is 734. The van der Waals surface area contributed by atoms with Crippen molar-refractivity contribution < 1.29 is 9.53 Å². The van der Waals surface area contributed by atoms with Crippen LogP contribution in [0.15, 0.2) is 48.8 Å². The highest BCUT2D eigenvalue weighted by molar-refractivity contribution is 5.97. The molecule has 0 saturated carbocycles. The number of hydrogen-bond donors (Lipinski definition) is 1. The van der Waals surface area contributed by atoms with Gasteiger partial charge in [0.15, 0.2) is 0 Å². The number of nitrogens with one attached hydrogen (secondary N) is 1. The van der Waals surface area contributed by atoms with E-state index in [1.165, 1.54) is 5.56 Å². The molecule has 1 aromatic carbocycles. The molecule has 24 heavy (non-hydrogen) atoms. The molecule has 1 N–H and O–H groups in total. The van der Waals surface area contributed by atoms with Crippen LogP contribution in [0.4, 0.5) is 0 Å². The molecule has 1 atom stereocenters. The number of rotatable bonds is 2. The minimum atomic E-state index is -0.358. The minimum Gasteiger partial charge on any atom is -0.483 e. The Morgan fingerprint density at radius 3 is 3.04 bits per heavy atom. The van der Waals surface area contributed by atoms with Crippen molar-refractivity contribution in [3.8, 4) is 5.75 Å². The molecule has 3 heterocycles. The lowest BCUT2D eigenvalue weighted by Gasteiger charge is -2.42. The number of nitrogens with zero attached hydrogens (tertiary/aromatic N) is 2. The zero-order valence-electron chi connectivity index (χ0n) is 13.6. The number of pyridine rings is 1. The first-order valence-electron chi connectivity index (χ1n) is 8.42. The van der Waals surface area contributed by atoms with E-state index in [0.717, 1.165) is 32.5 Å². The number of para-hydroxylation sites is 1. The van der Waals surface area contributed by atoms with Crippen molar-refractivity contribution in [3.63, 3.8) is 0 Å². The molecule has 0 unspecified atom stereocenters. The average Bonchev–Trinajstić information content (AvgIpc) is 2.74. The summed E-state index contributed by atoms with van der Waals surface area (Å²) < 4.78 is 6.38. The van der Waals surface area contributed by atoms with Crippen molar-refractivity contribution in [2.75, 3.05) is 19.6 Å². The molecule has 1 fully saturated rings. The summed E-state index contributed by atoms with van der Waals surface area (Å²) >= 11 is 0. The summed E-state index contributed by atoms with van der Waals surface area (Å²) in [4.78, 5) is 18.9. The van der Waals surface area contributed by atoms with Gasteiger partial charge >= 0.3 is 0 Å². The molecule has 5 heteroatoms. The maximum absolute atomic E-state index is 12.3. The Morgan fingerprint density at radius 2 is 2.17 bits per heavy atom. The number of fused-ring (bicyclic) bond motifs is 1. The molecular weight excluding hydrogens is 302 g/mol. The molecule has 4 rings (SSSR count). The van der Waals surface area contributed by atoms with Gasteiger partial charge in [0.25, 0.3) is 5.91 Å². The molecular formula is C19H21N3O2. The third-order valence-electron chi connectivity index (χ3n) is 4.78. The molecule has 1 spiro atoms. The lowest BCUT2D eigenvalue weighted by Crippen LogP contribution is -2.56. The normalized spacial score (nSPS) is 23.9. The number of likely N-dealkylation sites (tertiary alicyclic amines) is 1. The maximum atomic E-state index is 12.3. The zero-order valence-corrected chi connectivity index (χ0v) is 13.6. The Morgan fingerprint density at radius 1 is 1.25 bits per heavy atom. The minimum absolute atomic E-state index is 0.0492. The maximum Gasteiger partial charge on any atom is 0.255 e. The molecule has 2 aliphatic rings. The monoisotopic (exact) mass is 323 g/mol. The van der Waals surface area contributed by atoms with Crippen LogP contribution in [0.3, 0.4) is 0 Å². The number of hydrogen-bond acceptors (Lipinski definition) is 4. The highest BCUT2D eigenvalue weighted by atomic mass is 16.5. The van der Waals surface area contributed by atoms with E-state index >= 15 is 0 Å². The third-order valence-corrected chi connectivity index (χ3v) is 4.78. The molecule has 5 nitrogen and oxygen atoms in total. The van der Waals surface area contributed by atoms with Gasteiger partial charge in [-0.2, -0.15) is 0 Å². The van der Waals surface area contributed by atoms with Crippen LogP contribution in [0.1, 0.15) is 28.8 Å². The summed E-state index contributed by atoms with van der Waals surface area (Å²) in [6.45, 7) is 3.24. The van der Waals surface area contributed by atoms with Gasteiger partial charge in [0.2, 0.25) is 0 Å². The Labute approximate surface area is 141 Å². The summed E-state index contributed by atoms with van der Waals surface area (Å²) in [6, 6.07) is 11.6. The highest BCUT2D eigenvalue weighted by Crippen LogP contribution is 2.32. The smallest absolute Gasteiger partial charge is 0.255 e. The molecule has 1 aromatic heterocycles. The van der Waals surface area contributed by atoms with Crippen LogP contribution < -0.4 is 10.1 Å². The van der Waals surface area contributed by atoms with E-state index < -0.39 is 0 Å². The number of ether oxygens (including phenoxy) is 1. The lowest BCUT2D eigenvalue weighted by atomic mass is 9.92. The van der Waals surface area contributed by atoms with Gasteiger partial charge in [0, 0.05) is 25.5 Å². The number of carbonyl (C=O) groups is 1. The van der Waals surface area contributed by atoms with Crippen LogP contribution in [0.2, 0.25) is 0 Å². The van der Waals surface area contributed by atoms with Gasteiger partial charge in [-0.25, -0.2) is 0 Å². The van der Waals surface area contributed by atoms with Crippen LogP contribution in [0.25, 0.3) is 0 Å².